The van der Waals surface area contributed by atoms with Crippen molar-refractivity contribution in [2.75, 3.05) is 6.61 Å². The highest BCUT2D eigenvalue weighted by atomic mass is 32.2. The van der Waals surface area contributed by atoms with Gasteiger partial charge in [-0.05, 0) is 63.1 Å². The molecule has 1 heterocycles. The number of hydrogen-bond donors (Lipinski definition) is 1. The molecule has 6 heteroatoms. The maximum Gasteiger partial charge on any atom is 0.341 e. The monoisotopic (exact) mass is 358 g/mol. The molecule has 2 rings (SSSR count). The second-order valence-electron chi connectivity index (χ2n) is 6.00. The van der Waals surface area contributed by atoms with Crippen LogP contribution < -0.4 is 5.32 Å². The van der Waals surface area contributed by atoms with E-state index in [2.05, 4.69) is 23.3 Å². The van der Waals surface area contributed by atoms with Crippen molar-refractivity contribution in [3.8, 4) is 0 Å². The minimum absolute atomic E-state index is 0.000451. The molecular formula is C19H22N2O3S. The molecule has 0 saturated heterocycles. The summed E-state index contributed by atoms with van der Waals surface area (Å²) in [6.07, 6.45) is 1.63. The first kappa shape index (κ1) is 19.0. The van der Waals surface area contributed by atoms with E-state index in [1.54, 1.807) is 18.3 Å². The van der Waals surface area contributed by atoms with E-state index in [9.17, 15) is 9.59 Å². The number of amides is 1. The fraction of sp³-hybridized carbons (Fsp3) is 0.316. The van der Waals surface area contributed by atoms with Crippen LogP contribution in [0.4, 0.5) is 0 Å². The number of nitrogens with one attached hydrogen (secondary N) is 1. The Kier molecular flexibility index (Phi) is 6.58. The zero-order valence-electron chi connectivity index (χ0n) is 14.8. The Morgan fingerprint density at radius 3 is 2.64 bits per heavy atom. The van der Waals surface area contributed by atoms with Crippen molar-refractivity contribution < 1.29 is 14.3 Å². The number of nitrogens with zero attached hydrogens (tertiary/aromatic N) is 1. The van der Waals surface area contributed by atoms with Gasteiger partial charge in [-0.25, -0.2) is 9.78 Å². The second-order valence-corrected chi connectivity index (χ2v) is 7.06. The Morgan fingerprint density at radius 1 is 1.20 bits per heavy atom. The van der Waals surface area contributed by atoms with Gasteiger partial charge in [0.25, 0.3) is 5.91 Å². The van der Waals surface area contributed by atoms with Crippen molar-refractivity contribution >= 4 is 23.6 Å². The number of aromatic nitrogens is 1. The van der Waals surface area contributed by atoms with Crippen LogP contribution in [0.2, 0.25) is 0 Å². The smallest absolute Gasteiger partial charge is 0.341 e. The van der Waals surface area contributed by atoms with Gasteiger partial charge in [0.15, 0.2) is 6.61 Å². The van der Waals surface area contributed by atoms with Gasteiger partial charge in [0.1, 0.15) is 5.03 Å². The fourth-order valence-electron chi connectivity index (χ4n) is 2.09. The van der Waals surface area contributed by atoms with Crippen LogP contribution in [-0.2, 0) is 9.53 Å². The number of benzene rings is 1. The highest BCUT2D eigenvalue weighted by Gasteiger charge is 2.16. The summed E-state index contributed by atoms with van der Waals surface area (Å²) in [6, 6.07) is 9.41. The normalized spacial score (nSPS) is 10.6. The van der Waals surface area contributed by atoms with Crippen LogP contribution in [0.1, 0.15) is 35.3 Å². The molecule has 1 aromatic carbocycles. The quantitative estimate of drug-likeness (QED) is 0.800. The Hall–Kier alpha value is -2.34. The molecule has 0 aliphatic rings. The van der Waals surface area contributed by atoms with Crippen LogP contribution >= 0.6 is 11.8 Å². The molecule has 1 aromatic heterocycles. The molecule has 0 radical (unpaired) electrons. The standard InChI is InChI=1S/C19H22N2O3S/c1-12(2)21-17(22)11-24-19(23)16-6-5-9-20-18(16)25-15-8-7-13(3)14(4)10-15/h5-10,12H,11H2,1-4H3,(H,21,22). The lowest BCUT2D eigenvalue weighted by Gasteiger charge is -2.11. The number of carbonyl (C=O) groups is 2. The number of ether oxygens (including phenoxy) is 1. The highest BCUT2D eigenvalue weighted by Crippen LogP contribution is 2.30. The maximum atomic E-state index is 12.3. The molecular weight excluding hydrogens is 336 g/mol. The first-order valence-corrected chi connectivity index (χ1v) is 8.85. The van der Waals surface area contributed by atoms with Crippen LogP contribution in [0.25, 0.3) is 0 Å². The summed E-state index contributed by atoms with van der Waals surface area (Å²) in [5, 5.41) is 3.23. The van der Waals surface area contributed by atoms with Crippen molar-refractivity contribution in [2.45, 2.75) is 43.7 Å². The largest absolute Gasteiger partial charge is 0.452 e. The maximum absolute atomic E-state index is 12.3. The molecule has 0 saturated carbocycles. The summed E-state index contributed by atoms with van der Waals surface area (Å²) in [5.41, 5.74) is 2.74. The molecule has 0 aliphatic heterocycles. The van der Waals surface area contributed by atoms with Crippen LogP contribution in [0.3, 0.4) is 0 Å². The van der Waals surface area contributed by atoms with Gasteiger partial charge in [-0.15, -0.1) is 0 Å². The number of pyridine rings is 1. The number of esters is 1. The minimum Gasteiger partial charge on any atom is -0.452 e. The number of aryl methyl sites for hydroxylation is 2. The van der Waals surface area contributed by atoms with E-state index in [1.165, 1.54) is 22.9 Å². The summed E-state index contributed by atoms with van der Waals surface area (Å²) in [4.78, 5) is 29.2. The second kappa shape index (κ2) is 8.67. The summed E-state index contributed by atoms with van der Waals surface area (Å²) in [6.45, 7) is 7.48. The lowest BCUT2D eigenvalue weighted by Crippen LogP contribution is -2.34. The number of hydrogen-bond acceptors (Lipinski definition) is 5. The van der Waals surface area contributed by atoms with E-state index in [1.807, 2.05) is 32.9 Å². The molecule has 1 amide bonds. The van der Waals surface area contributed by atoms with Crippen LogP contribution in [-0.4, -0.2) is 29.5 Å². The Morgan fingerprint density at radius 2 is 1.96 bits per heavy atom. The van der Waals surface area contributed by atoms with Gasteiger partial charge >= 0.3 is 5.97 Å². The molecule has 0 spiro atoms. The van der Waals surface area contributed by atoms with Gasteiger partial charge in [0.05, 0.1) is 5.56 Å². The number of carbonyl (C=O) groups excluding carboxylic acids is 2. The predicted molar refractivity (Wildman–Crippen MR) is 97.8 cm³/mol. The molecule has 25 heavy (non-hydrogen) atoms. The van der Waals surface area contributed by atoms with Gasteiger partial charge < -0.3 is 10.1 Å². The van der Waals surface area contributed by atoms with E-state index in [-0.39, 0.29) is 18.6 Å². The first-order chi connectivity index (χ1) is 11.9. The van der Waals surface area contributed by atoms with E-state index < -0.39 is 5.97 Å². The Bertz CT molecular complexity index is 775. The minimum atomic E-state index is -0.557. The van der Waals surface area contributed by atoms with Gasteiger partial charge in [0.2, 0.25) is 0 Å². The van der Waals surface area contributed by atoms with Crippen molar-refractivity contribution in [1.29, 1.82) is 0 Å². The van der Waals surface area contributed by atoms with Crippen LogP contribution in [0, 0.1) is 13.8 Å². The van der Waals surface area contributed by atoms with E-state index in [0.717, 1.165) is 4.90 Å². The third kappa shape index (κ3) is 5.60. The molecule has 0 unspecified atom stereocenters. The lowest BCUT2D eigenvalue weighted by atomic mass is 10.1. The third-order valence-corrected chi connectivity index (χ3v) is 4.48. The van der Waals surface area contributed by atoms with Crippen molar-refractivity contribution in [3.05, 3.63) is 53.2 Å². The molecule has 0 bridgehead atoms. The molecule has 0 fully saturated rings. The number of rotatable bonds is 6. The molecule has 0 aliphatic carbocycles. The van der Waals surface area contributed by atoms with E-state index in [0.29, 0.717) is 10.6 Å². The van der Waals surface area contributed by atoms with Gasteiger partial charge in [0, 0.05) is 17.1 Å². The molecule has 132 valence electrons. The highest BCUT2D eigenvalue weighted by molar-refractivity contribution is 7.99. The Labute approximate surface area is 152 Å². The zero-order chi connectivity index (χ0) is 18.4. The topological polar surface area (TPSA) is 68.3 Å². The summed E-state index contributed by atoms with van der Waals surface area (Å²) < 4.78 is 5.11. The van der Waals surface area contributed by atoms with Crippen LogP contribution in [0.15, 0.2) is 46.5 Å². The molecule has 1 N–H and O–H groups in total. The molecule has 2 aromatic rings. The SMILES string of the molecule is Cc1ccc(Sc2ncccc2C(=O)OCC(=O)NC(C)C)cc1C. The fourth-order valence-corrected chi connectivity index (χ4v) is 3.06. The average molecular weight is 358 g/mol. The predicted octanol–water partition coefficient (Wildman–Crippen LogP) is 3.53. The summed E-state index contributed by atoms with van der Waals surface area (Å²) in [7, 11) is 0. The van der Waals surface area contributed by atoms with E-state index in [4.69, 9.17) is 4.74 Å². The third-order valence-electron chi connectivity index (χ3n) is 3.47. The average Bonchev–Trinajstić information content (AvgIpc) is 2.56. The molecule has 0 atom stereocenters. The van der Waals surface area contributed by atoms with E-state index >= 15 is 0 Å². The first-order valence-electron chi connectivity index (χ1n) is 8.03. The van der Waals surface area contributed by atoms with Gasteiger partial charge in [-0.3, -0.25) is 4.79 Å². The lowest BCUT2D eigenvalue weighted by molar-refractivity contribution is -0.124. The van der Waals surface area contributed by atoms with Crippen molar-refractivity contribution in [1.82, 2.24) is 10.3 Å². The summed E-state index contributed by atoms with van der Waals surface area (Å²) >= 11 is 1.40. The Balaban J connectivity index is 2.10. The van der Waals surface area contributed by atoms with Gasteiger partial charge in [-0.1, -0.05) is 17.8 Å². The molecule has 5 nitrogen and oxygen atoms in total. The van der Waals surface area contributed by atoms with Crippen molar-refractivity contribution in [2.24, 2.45) is 0 Å². The zero-order valence-corrected chi connectivity index (χ0v) is 15.6. The van der Waals surface area contributed by atoms with Gasteiger partial charge in [-0.2, -0.15) is 0 Å². The summed E-state index contributed by atoms with van der Waals surface area (Å²) in [5.74, 6) is -0.881. The van der Waals surface area contributed by atoms with Crippen molar-refractivity contribution in [3.63, 3.8) is 0 Å². The van der Waals surface area contributed by atoms with Crippen LogP contribution in [0.5, 0.6) is 0 Å².